The van der Waals surface area contributed by atoms with E-state index in [0.717, 1.165) is 25.2 Å². The number of rotatable bonds is 5. The van der Waals surface area contributed by atoms with E-state index in [4.69, 9.17) is 5.73 Å². The molecule has 1 aromatic heterocycles. The fourth-order valence-corrected chi connectivity index (χ4v) is 0.986. The summed E-state index contributed by atoms with van der Waals surface area (Å²) < 4.78 is 0. The molecule has 0 aliphatic carbocycles. The zero-order chi connectivity index (χ0) is 9.52. The molecule has 4 heteroatoms. The Hall–Kier alpha value is -1.16. The minimum atomic E-state index is 0.282. The van der Waals surface area contributed by atoms with Gasteiger partial charge < -0.3 is 11.1 Å². The first kappa shape index (κ1) is 9.92. The molecule has 1 atom stereocenters. The maximum absolute atomic E-state index is 5.76. The summed E-state index contributed by atoms with van der Waals surface area (Å²) >= 11 is 0. The van der Waals surface area contributed by atoms with Crippen LogP contribution in [0.5, 0.6) is 0 Å². The zero-order valence-electron chi connectivity index (χ0n) is 7.90. The normalized spacial score (nSPS) is 12.5. The third-order valence-corrected chi connectivity index (χ3v) is 1.92. The molecule has 0 aliphatic heterocycles. The fourth-order valence-electron chi connectivity index (χ4n) is 0.986. The van der Waals surface area contributed by atoms with Gasteiger partial charge in [0.15, 0.2) is 0 Å². The highest BCUT2D eigenvalue weighted by Crippen LogP contribution is 1.99. The average molecular weight is 180 g/mol. The molecule has 0 aliphatic rings. The lowest BCUT2D eigenvalue weighted by molar-refractivity contribution is 0.612. The molecular formula is C9H16N4. The van der Waals surface area contributed by atoms with Gasteiger partial charge in [-0.3, -0.25) is 0 Å². The number of aromatic nitrogens is 2. The predicted octanol–water partition coefficient (Wildman–Crippen LogP) is 1.02. The highest BCUT2D eigenvalue weighted by Gasteiger charge is 1.98. The summed E-state index contributed by atoms with van der Waals surface area (Å²) in [6.07, 6.45) is 3.64. The molecule has 1 heterocycles. The maximum Gasteiger partial charge on any atom is 0.148 e. The van der Waals surface area contributed by atoms with Crippen molar-refractivity contribution in [3.8, 4) is 0 Å². The van der Waals surface area contributed by atoms with Gasteiger partial charge in [-0.25, -0.2) is 0 Å². The summed E-state index contributed by atoms with van der Waals surface area (Å²) in [5.41, 5.74) is 5.76. The van der Waals surface area contributed by atoms with Gasteiger partial charge in [-0.2, -0.15) is 5.10 Å². The van der Waals surface area contributed by atoms with Crippen LogP contribution in [0.4, 0.5) is 5.82 Å². The van der Waals surface area contributed by atoms with E-state index in [1.807, 2.05) is 12.1 Å². The van der Waals surface area contributed by atoms with E-state index in [-0.39, 0.29) is 6.04 Å². The molecule has 1 unspecified atom stereocenters. The third-order valence-electron chi connectivity index (χ3n) is 1.92. The van der Waals surface area contributed by atoms with E-state index in [9.17, 15) is 0 Å². The van der Waals surface area contributed by atoms with Crippen molar-refractivity contribution in [1.29, 1.82) is 0 Å². The van der Waals surface area contributed by atoms with E-state index in [1.54, 1.807) is 6.20 Å². The van der Waals surface area contributed by atoms with E-state index in [2.05, 4.69) is 22.4 Å². The second kappa shape index (κ2) is 5.48. The molecule has 0 fully saturated rings. The van der Waals surface area contributed by atoms with Gasteiger partial charge in [0.05, 0.1) is 0 Å². The van der Waals surface area contributed by atoms with Crippen molar-refractivity contribution in [2.75, 3.05) is 11.9 Å². The van der Waals surface area contributed by atoms with Crippen LogP contribution in [-0.4, -0.2) is 22.8 Å². The first-order valence-corrected chi connectivity index (χ1v) is 4.60. The van der Waals surface area contributed by atoms with Gasteiger partial charge in [0.2, 0.25) is 0 Å². The lowest BCUT2D eigenvalue weighted by atomic mass is 10.2. The summed E-state index contributed by atoms with van der Waals surface area (Å²) in [6, 6.07) is 4.03. The zero-order valence-corrected chi connectivity index (χ0v) is 7.90. The molecule has 1 aromatic rings. The van der Waals surface area contributed by atoms with E-state index in [0.29, 0.717) is 0 Å². The minimum Gasteiger partial charge on any atom is -0.369 e. The number of anilines is 1. The lowest BCUT2D eigenvalue weighted by Crippen LogP contribution is -2.22. The maximum atomic E-state index is 5.76. The fraction of sp³-hybridized carbons (Fsp3) is 0.556. The Morgan fingerprint density at radius 2 is 2.46 bits per heavy atom. The van der Waals surface area contributed by atoms with Crippen molar-refractivity contribution < 1.29 is 0 Å². The smallest absolute Gasteiger partial charge is 0.148 e. The van der Waals surface area contributed by atoms with Crippen LogP contribution in [0.25, 0.3) is 0 Å². The molecule has 72 valence electrons. The number of hydrogen-bond donors (Lipinski definition) is 2. The molecule has 4 nitrogen and oxygen atoms in total. The van der Waals surface area contributed by atoms with Crippen LogP contribution < -0.4 is 11.1 Å². The van der Waals surface area contributed by atoms with Crippen LogP contribution in [0.1, 0.15) is 19.8 Å². The van der Waals surface area contributed by atoms with Gasteiger partial charge >= 0.3 is 0 Å². The van der Waals surface area contributed by atoms with Gasteiger partial charge in [0.1, 0.15) is 5.82 Å². The van der Waals surface area contributed by atoms with E-state index in [1.165, 1.54) is 0 Å². The van der Waals surface area contributed by atoms with Gasteiger partial charge in [-0.1, -0.05) is 6.92 Å². The topological polar surface area (TPSA) is 63.8 Å². The number of hydrogen-bond acceptors (Lipinski definition) is 4. The molecule has 0 spiro atoms. The molecule has 1 rings (SSSR count). The van der Waals surface area contributed by atoms with Crippen molar-refractivity contribution in [3.63, 3.8) is 0 Å². The summed E-state index contributed by atoms with van der Waals surface area (Å²) in [7, 11) is 0. The third kappa shape index (κ3) is 3.85. The van der Waals surface area contributed by atoms with E-state index >= 15 is 0 Å². The number of nitrogens with zero attached hydrogens (tertiary/aromatic N) is 2. The van der Waals surface area contributed by atoms with Crippen LogP contribution in [0.2, 0.25) is 0 Å². The SMILES string of the molecule is CCC(N)CCNc1cccnn1. The van der Waals surface area contributed by atoms with Gasteiger partial charge in [0.25, 0.3) is 0 Å². The first-order valence-electron chi connectivity index (χ1n) is 4.60. The molecule has 0 bridgehead atoms. The Morgan fingerprint density at radius 1 is 1.62 bits per heavy atom. The van der Waals surface area contributed by atoms with E-state index < -0.39 is 0 Å². The highest BCUT2D eigenvalue weighted by molar-refractivity contribution is 5.31. The van der Waals surface area contributed by atoms with Crippen molar-refractivity contribution >= 4 is 5.82 Å². The van der Waals surface area contributed by atoms with Crippen molar-refractivity contribution in [1.82, 2.24) is 10.2 Å². The molecule has 3 N–H and O–H groups in total. The molecule has 0 radical (unpaired) electrons. The summed E-state index contributed by atoms with van der Waals surface area (Å²) in [5, 5.41) is 10.8. The molecule has 0 amide bonds. The van der Waals surface area contributed by atoms with Crippen LogP contribution >= 0.6 is 0 Å². The molecular weight excluding hydrogens is 164 g/mol. The van der Waals surface area contributed by atoms with Crippen LogP contribution in [0, 0.1) is 0 Å². The highest BCUT2D eigenvalue weighted by atomic mass is 15.2. The standard InChI is InChI=1S/C9H16N4/c1-2-8(10)5-7-11-9-4-3-6-12-13-9/h3-4,6,8H,2,5,7,10H2,1H3,(H,11,13). The Balaban J connectivity index is 2.20. The van der Waals surface area contributed by atoms with Gasteiger partial charge in [0, 0.05) is 18.8 Å². The quantitative estimate of drug-likeness (QED) is 0.710. The Morgan fingerprint density at radius 3 is 3.08 bits per heavy atom. The van der Waals surface area contributed by atoms with Crippen molar-refractivity contribution in [2.24, 2.45) is 5.73 Å². The average Bonchev–Trinajstić information content (AvgIpc) is 2.19. The van der Waals surface area contributed by atoms with Gasteiger partial charge in [-0.15, -0.1) is 5.10 Å². The molecule has 0 saturated heterocycles. The summed E-state index contributed by atoms with van der Waals surface area (Å²) in [5.74, 6) is 0.811. The largest absolute Gasteiger partial charge is 0.369 e. The minimum absolute atomic E-state index is 0.282. The second-order valence-electron chi connectivity index (χ2n) is 2.99. The predicted molar refractivity (Wildman–Crippen MR) is 53.4 cm³/mol. The lowest BCUT2D eigenvalue weighted by Gasteiger charge is -2.08. The number of nitrogens with one attached hydrogen (secondary N) is 1. The monoisotopic (exact) mass is 180 g/mol. The first-order chi connectivity index (χ1) is 6.33. The summed E-state index contributed by atoms with van der Waals surface area (Å²) in [4.78, 5) is 0. The van der Waals surface area contributed by atoms with Gasteiger partial charge in [-0.05, 0) is 25.0 Å². The van der Waals surface area contributed by atoms with Crippen molar-refractivity contribution in [2.45, 2.75) is 25.8 Å². The van der Waals surface area contributed by atoms with Crippen LogP contribution in [-0.2, 0) is 0 Å². The Bertz CT molecular complexity index is 224. The Kier molecular flexibility index (Phi) is 4.18. The van der Waals surface area contributed by atoms with Crippen LogP contribution in [0.15, 0.2) is 18.3 Å². The number of nitrogens with two attached hydrogens (primary N) is 1. The van der Waals surface area contributed by atoms with Crippen LogP contribution in [0.3, 0.4) is 0 Å². The molecule has 0 saturated carbocycles. The molecule has 0 aromatic carbocycles. The second-order valence-corrected chi connectivity index (χ2v) is 2.99. The Labute approximate surface area is 78.6 Å². The van der Waals surface area contributed by atoms with Crippen molar-refractivity contribution in [3.05, 3.63) is 18.3 Å². The molecule has 13 heavy (non-hydrogen) atoms. The summed E-state index contributed by atoms with van der Waals surface area (Å²) in [6.45, 7) is 2.95.